The fourth-order valence-electron chi connectivity index (χ4n) is 3.06. The van der Waals surface area contributed by atoms with E-state index in [1.807, 2.05) is 13.8 Å². The number of hydrogen-bond acceptors (Lipinski definition) is 5. The Hall–Kier alpha value is -1.79. The van der Waals surface area contributed by atoms with Crippen LogP contribution in [0.4, 0.5) is 0 Å². The van der Waals surface area contributed by atoms with E-state index < -0.39 is 0 Å². The Bertz CT molecular complexity index is 552. The van der Waals surface area contributed by atoms with Gasteiger partial charge in [-0.2, -0.15) is 0 Å². The molecule has 1 aliphatic carbocycles. The largest absolute Gasteiger partial charge is 0.382 e. The third kappa shape index (κ3) is 12.7. The van der Waals surface area contributed by atoms with E-state index in [1.54, 1.807) is 31.5 Å². The summed E-state index contributed by atoms with van der Waals surface area (Å²) in [5, 5.41) is 2.71. The van der Waals surface area contributed by atoms with Crippen molar-refractivity contribution >= 4 is 11.7 Å². The summed E-state index contributed by atoms with van der Waals surface area (Å²) in [6.07, 6.45) is 8.79. The van der Waals surface area contributed by atoms with Gasteiger partial charge in [-0.1, -0.05) is 53.0 Å². The molecule has 0 bridgehead atoms. The third-order valence-corrected chi connectivity index (χ3v) is 4.97. The second-order valence-electron chi connectivity index (χ2n) is 7.12. The van der Waals surface area contributed by atoms with Gasteiger partial charge < -0.3 is 14.8 Å². The van der Waals surface area contributed by atoms with Crippen LogP contribution in [0.1, 0.15) is 78.1 Å². The molecule has 30 heavy (non-hydrogen) atoms. The normalized spacial score (nSPS) is 14.4. The van der Waals surface area contributed by atoms with Crippen molar-refractivity contribution in [2.75, 3.05) is 33.5 Å². The zero-order valence-corrected chi connectivity index (χ0v) is 19.6. The number of aromatic nitrogens is 1. The van der Waals surface area contributed by atoms with Crippen LogP contribution in [-0.4, -0.2) is 50.1 Å². The minimum atomic E-state index is -0.184. The summed E-state index contributed by atoms with van der Waals surface area (Å²) in [4.78, 5) is 27.1. The van der Waals surface area contributed by atoms with Crippen molar-refractivity contribution in [1.82, 2.24) is 10.3 Å². The fourth-order valence-corrected chi connectivity index (χ4v) is 3.06. The van der Waals surface area contributed by atoms with Crippen molar-refractivity contribution in [2.24, 2.45) is 11.8 Å². The Balaban J connectivity index is 0. The number of nitrogens with one attached hydrogen (secondary N) is 1. The number of amides is 1. The van der Waals surface area contributed by atoms with Gasteiger partial charge in [-0.05, 0) is 31.4 Å². The minimum absolute atomic E-state index is 0. The van der Waals surface area contributed by atoms with Crippen molar-refractivity contribution in [3.63, 3.8) is 0 Å². The van der Waals surface area contributed by atoms with Crippen LogP contribution in [0.2, 0.25) is 0 Å². The van der Waals surface area contributed by atoms with Gasteiger partial charge in [0.1, 0.15) is 11.5 Å². The van der Waals surface area contributed by atoms with E-state index in [9.17, 15) is 9.59 Å². The quantitative estimate of drug-likeness (QED) is 0.539. The molecule has 2 rings (SSSR count). The van der Waals surface area contributed by atoms with Gasteiger partial charge >= 0.3 is 0 Å². The molecule has 1 atom stereocenters. The summed E-state index contributed by atoms with van der Waals surface area (Å²) in [5.41, 5.74) is 0.416. The Morgan fingerprint density at radius 2 is 1.87 bits per heavy atom. The molecule has 6 heteroatoms. The Labute approximate surface area is 184 Å². The van der Waals surface area contributed by atoms with Crippen molar-refractivity contribution in [1.29, 1.82) is 0 Å². The molecule has 6 nitrogen and oxygen atoms in total. The zero-order valence-electron chi connectivity index (χ0n) is 19.6. The predicted molar refractivity (Wildman–Crippen MR) is 124 cm³/mol. The van der Waals surface area contributed by atoms with Crippen LogP contribution in [-0.2, 0) is 14.3 Å². The minimum Gasteiger partial charge on any atom is -0.382 e. The molecule has 0 radical (unpaired) electrons. The van der Waals surface area contributed by atoms with Gasteiger partial charge in [-0.25, -0.2) is 0 Å². The van der Waals surface area contributed by atoms with Crippen LogP contribution >= 0.6 is 0 Å². The number of carbonyl (C=O) groups excluding carboxylic acids is 2. The molecule has 1 aromatic rings. The summed E-state index contributed by atoms with van der Waals surface area (Å²) in [5.74, 6) is 1.05. The maximum atomic E-state index is 11.7. The van der Waals surface area contributed by atoms with E-state index >= 15 is 0 Å². The van der Waals surface area contributed by atoms with Gasteiger partial charge in [-0.15, -0.1) is 0 Å². The van der Waals surface area contributed by atoms with Gasteiger partial charge in [0.05, 0.1) is 19.8 Å². The number of nitrogens with zero attached hydrogens (tertiary/aromatic N) is 1. The lowest BCUT2D eigenvalue weighted by molar-refractivity contribution is -0.127. The van der Waals surface area contributed by atoms with E-state index in [2.05, 4.69) is 24.1 Å². The smallest absolute Gasteiger partial charge is 0.269 e. The standard InChI is InChI=1S/C11H16N2O3.C11H20O.C2H6.H2/c1-15-8-9-16-7-6-13-11(14)10-4-2-3-5-12-10;1-3-9(2)11(12)10-7-5-4-6-8-10;1-2;/h2-5H,6-9H2,1H3,(H,13,14);9-10H,3-8H2,1-2H3;1-2H3;1H. The molecule has 174 valence electrons. The molecule has 1 unspecified atom stereocenters. The van der Waals surface area contributed by atoms with E-state index in [1.165, 1.54) is 19.3 Å². The molecular formula is C24H44N2O4. The lowest BCUT2D eigenvalue weighted by atomic mass is 9.81. The second-order valence-corrected chi connectivity index (χ2v) is 7.12. The number of ketones is 1. The third-order valence-electron chi connectivity index (χ3n) is 4.97. The summed E-state index contributed by atoms with van der Waals surface area (Å²) in [6.45, 7) is 10.2. The van der Waals surface area contributed by atoms with Gasteiger partial charge in [0, 0.05) is 33.1 Å². The van der Waals surface area contributed by atoms with Gasteiger partial charge in [0.25, 0.3) is 5.91 Å². The average molecular weight is 425 g/mol. The summed E-state index contributed by atoms with van der Waals surface area (Å²) in [6, 6.07) is 5.21. The van der Waals surface area contributed by atoms with E-state index in [0.717, 1.165) is 19.3 Å². The van der Waals surface area contributed by atoms with Crippen LogP contribution in [0, 0.1) is 11.8 Å². The number of carbonyl (C=O) groups is 2. The Morgan fingerprint density at radius 1 is 1.17 bits per heavy atom. The fraction of sp³-hybridized carbons (Fsp3) is 0.708. The molecule has 0 aromatic carbocycles. The number of hydrogen-bond donors (Lipinski definition) is 1. The van der Waals surface area contributed by atoms with Crippen LogP contribution in [0.5, 0.6) is 0 Å². The lowest BCUT2D eigenvalue weighted by Crippen LogP contribution is -2.28. The summed E-state index contributed by atoms with van der Waals surface area (Å²) < 4.78 is 10.0. The van der Waals surface area contributed by atoms with E-state index in [0.29, 0.717) is 49.7 Å². The predicted octanol–water partition coefficient (Wildman–Crippen LogP) is 4.93. The first kappa shape index (κ1) is 28.2. The maximum Gasteiger partial charge on any atom is 0.269 e. The van der Waals surface area contributed by atoms with Crippen LogP contribution < -0.4 is 5.32 Å². The first-order valence-electron chi connectivity index (χ1n) is 11.4. The molecule has 1 aliphatic rings. The van der Waals surface area contributed by atoms with Gasteiger partial charge in [-0.3, -0.25) is 14.6 Å². The monoisotopic (exact) mass is 424 g/mol. The van der Waals surface area contributed by atoms with Crippen molar-refractivity contribution < 1.29 is 20.5 Å². The lowest BCUT2D eigenvalue weighted by Gasteiger charge is -2.22. The Morgan fingerprint density at radius 3 is 2.43 bits per heavy atom. The summed E-state index contributed by atoms with van der Waals surface area (Å²) >= 11 is 0. The molecule has 1 saturated carbocycles. The van der Waals surface area contributed by atoms with Gasteiger partial charge in [0.2, 0.25) is 0 Å². The number of Topliss-reactive ketones (excluding diaryl/α,β-unsaturated/α-hetero) is 1. The van der Waals surface area contributed by atoms with Crippen LogP contribution in [0.3, 0.4) is 0 Å². The number of ether oxygens (including phenoxy) is 2. The highest BCUT2D eigenvalue weighted by Crippen LogP contribution is 2.27. The molecule has 0 spiro atoms. The van der Waals surface area contributed by atoms with Crippen LogP contribution in [0.15, 0.2) is 24.4 Å². The first-order chi connectivity index (χ1) is 14.6. The Kier molecular flexibility index (Phi) is 18.0. The van der Waals surface area contributed by atoms with Gasteiger partial charge in [0.15, 0.2) is 0 Å². The number of rotatable bonds is 10. The molecule has 0 aliphatic heterocycles. The van der Waals surface area contributed by atoms with Crippen molar-refractivity contribution in [3.05, 3.63) is 30.1 Å². The molecule has 1 fully saturated rings. The second kappa shape index (κ2) is 19.2. The molecule has 0 saturated heterocycles. The van der Waals surface area contributed by atoms with Crippen molar-refractivity contribution in [2.45, 2.75) is 66.2 Å². The molecule has 1 N–H and O–H groups in total. The van der Waals surface area contributed by atoms with E-state index in [4.69, 9.17) is 9.47 Å². The zero-order chi connectivity index (χ0) is 22.6. The topological polar surface area (TPSA) is 77.5 Å². The van der Waals surface area contributed by atoms with E-state index in [-0.39, 0.29) is 7.33 Å². The molecule has 1 amide bonds. The number of methoxy groups -OCH3 is 1. The summed E-state index contributed by atoms with van der Waals surface area (Å²) in [7, 11) is 1.62. The molecular weight excluding hydrogens is 380 g/mol. The SMILES string of the molecule is CC.CCC(C)C(=O)C1CCCCC1.COCCOCCNC(=O)c1ccccn1.[HH]. The highest BCUT2D eigenvalue weighted by atomic mass is 16.5. The van der Waals surface area contributed by atoms with Crippen LogP contribution in [0.25, 0.3) is 0 Å². The highest BCUT2D eigenvalue weighted by Gasteiger charge is 2.24. The molecule has 1 heterocycles. The highest BCUT2D eigenvalue weighted by molar-refractivity contribution is 5.92. The number of pyridine rings is 1. The average Bonchev–Trinajstić information content (AvgIpc) is 2.83. The molecule has 1 aromatic heterocycles. The maximum absolute atomic E-state index is 11.7. The van der Waals surface area contributed by atoms with Crippen molar-refractivity contribution in [3.8, 4) is 0 Å². The first-order valence-corrected chi connectivity index (χ1v) is 11.4.